The van der Waals surface area contributed by atoms with Crippen LogP contribution in [0.2, 0.25) is 0 Å². The van der Waals surface area contributed by atoms with Gasteiger partial charge in [0.1, 0.15) is 5.82 Å². The molecule has 0 aliphatic heterocycles. The quantitative estimate of drug-likeness (QED) is 0.865. The molecule has 0 aliphatic rings. The fourth-order valence-electron chi connectivity index (χ4n) is 1.92. The van der Waals surface area contributed by atoms with Crippen LogP contribution in [0.4, 0.5) is 11.5 Å². The summed E-state index contributed by atoms with van der Waals surface area (Å²) < 4.78 is 4.74. The first-order valence-corrected chi connectivity index (χ1v) is 6.47. The number of hydrogen-bond acceptors (Lipinski definition) is 4. The van der Waals surface area contributed by atoms with Gasteiger partial charge in [0.25, 0.3) is 0 Å². The van der Waals surface area contributed by atoms with Gasteiger partial charge in [-0.25, -0.2) is 4.98 Å². The van der Waals surface area contributed by atoms with Gasteiger partial charge >= 0.3 is 5.97 Å². The average molecular weight is 270 g/mol. The molecule has 0 amide bonds. The van der Waals surface area contributed by atoms with Crippen molar-refractivity contribution in [2.75, 3.05) is 12.4 Å². The zero-order chi connectivity index (χ0) is 14.5. The van der Waals surface area contributed by atoms with Crippen molar-refractivity contribution in [3.8, 4) is 0 Å². The van der Waals surface area contributed by atoms with E-state index in [1.165, 1.54) is 7.11 Å². The van der Waals surface area contributed by atoms with Gasteiger partial charge < -0.3 is 10.1 Å². The Morgan fingerprint density at radius 3 is 2.55 bits per heavy atom. The molecule has 0 saturated carbocycles. The number of hydrogen-bond donors (Lipinski definition) is 1. The highest BCUT2D eigenvalue weighted by Crippen LogP contribution is 2.21. The number of benzene rings is 1. The molecule has 0 spiro atoms. The van der Waals surface area contributed by atoms with Gasteiger partial charge in [-0.3, -0.25) is 4.79 Å². The topological polar surface area (TPSA) is 51.2 Å². The number of pyridine rings is 1. The third kappa shape index (κ3) is 3.35. The van der Waals surface area contributed by atoms with Crippen LogP contribution in [0.5, 0.6) is 0 Å². The first-order valence-electron chi connectivity index (χ1n) is 6.47. The van der Waals surface area contributed by atoms with Crippen molar-refractivity contribution in [3.05, 3.63) is 53.7 Å². The highest BCUT2D eigenvalue weighted by molar-refractivity contribution is 5.77. The maximum atomic E-state index is 11.5. The maximum absolute atomic E-state index is 11.5. The number of ether oxygens (including phenoxy) is 1. The Labute approximate surface area is 118 Å². The zero-order valence-corrected chi connectivity index (χ0v) is 11.9. The molecule has 0 bridgehead atoms. The largest absolute Gasteiger partial charge is 0.469 e. The van der Waals surface area contributed by atoms with E-state index >= 15 is 0 Å². The Morgan fingerprint density at radius 2 is 1.95 bits per heavy atom. The summed E-state index contributed by atoms with van der Waals surface area (Å²) >= 11 is 0. The third-order valence-corrected chi connectivity index (χ3v) is 3.15. The number of nitrogens with zero attached hydrogens (tertiary/aromatic N) is 1. The summed E-state index contributed by atoms with van der Waals surface area (Å²) in [4.78, 5) is 15.7. The zero-order valence-electron chi connectivity index (χ0n) is 11.9. The molecule has 1 atom stereocenters. The number of rotatable bonds is 4. The SMILES string of the molecule is COC(=O)[C@H](C)c1ccc(Nc2cc(C)ccn2)cc1. The summed E-state index contributed by atoms with van der Waals surface area (Å²) in [5.74, 6) is 0.316. The Hall–Kier alpha value is -2.36. The van der Waals surface area contributed by atoms with E-state index in [0.29, 0.717) is 0 Å². The van der Waals surface area contributed by atoms with Crippen molar-refractivity contribution in [3.63, 3.8) is 0 Å². The van der Waals surface area contributed by atoms with Crippen LogP contribution in [0.3, 0.4) is 0 Å². The number of carbonyl (C=O) groups excluding carboxylic acids is 1. The molecular formula is C16H18N2O2. The third-order valence-electron chi connectivity index (χ3n) is 3.15. The molecule has 1 heterocycles. The Balaban J connectivity index is 2.10. The monoisotopic (exact) mass is 270 g/mol. The van der Waals surface area contributed by atoms with Crippen LogP contribution in [-0.2, 0) is 9.53 Å². The standard InChI is InChI=1S/C16H18N2O2/c1-11-8-9-17-15(10-11)18-14-6-4-13(5-7-14)12(2)16(19)20-3/h4-10,12H,1-3H3,(H,17,18)/t12-/m1/s1. The van der Waals surface area contributed by atoms with E-state index in [9.17, 15) is 4.79 Å². The highest BCUT2D eigenvalue weighted by atomic mass is 16.5. The second-order valence-corrected chi connectivity index (χ2v) is 4.71. The molecule has 2 rings (SSSR count). The molecule has 20 heavy (non-hydrogen) atoms. The van der Waals surface area contributed by atoms with Crippen LogP contribution in [-0.4, -0.2) is 18.1 Å². The van der Waals surface area contributed by atoms with Gasteiger partial charge in [0, 0.05) is 11.9 Å². The molecule has 1 aromatic heterocycles. The highest BCUT2D eigenvalue weighted by Gasteiger charge is 2.15. The summed E-state index contributed by atoms with van der Waals surface area (Å²) in [6.45, 7) is 3.85. The summed E-state index contributed by atoms with van der Waals surface area (Å²) in [5.41, 5.74) is 3.02. The van der Waals surface area contributed by atoms with Crippen LogP contribution >= 0.6 is 0 Å². The van der Waals surface area contributed by atoms with E-state index in [4.69, 9.17) is 4.74 Å². The molecule has 0 saturated heterocycles. The van der Waals surface area contributed by atoms with Crippen LogP contribution in [0, 0.1) is 6.92 Å². The fourth-order valence-corrected chi connectivity index (χ4v) is 1.92. The number of methoxy groups -OCH3 is 1. The molecule has 0 radical (unpaired) electrons. The number of aromatic nitrogens is 1. The number of carbonyl (C=O) groups is 1. The van der Waals surface area contributed by atoms with Gasteiger partial charge in [-0.05, 0) is 49.2 Å². The summed E-state index contributed by atoms with van der Waals surface area (Å²) in [7, 11) is 1.40. The van der Waals surface area contributed by atoms with Gasteiger partial charge in [-0.2, -0.15) is 0 Å². The fraction of sp³-hybridized carbons (Fsp3) is 0.250. The Kier molecular flexibility index (Phi) is 4.35. The first kappa shape index (κ1) is 14.1. The normalized spacial score (nSPS) is 11.8. The lowest BCUT2D eigenvalue weighted by atomic mass is 10.0. The minimum atomic E-state index is -0.258. The van der Waals surface area contributed by atoms with Crippen LogP contribution in [0.1, 0.15) is 24.0 Å². The van der Waals surface area contributed by atoms with E-state index in [2.05, 4.69) is 10.3 Å². The maximum Gasteiger partial charge on any atom is 0.312 e. The average Bonchev–Trinajstić information content (AvgIpc) is 2.46. The van der Waals surface area contributed by atoms with E-state index < -0.39 is 0 Å². The van der Waals surface area contributed by atoms with Crippen molar-refractivity contribution < 1.29 is 9.53 Å². The molecule has 0 unspecified atom stereocenters. The summed E-state index contributed by atoms with van der Waals surface area (Å²) in [6, 6.07) is 11.6. The lowest BCUT2D eigenvalue weighted by Crippen LogP contribution is -2.10. The van der Waals surface area contributed by atoms with Gasteiger partial charge in [-0.15, -0.1) is 0 Å². The minimum absolute atomic E-state index is 0.230. The van der Waals surface area contributed by atoms with Crippen molar-refractivity contribution >= 4 is 17.5 Å². The summed E-state index contributed by atoms with van der Waals surface area (Å²) in [5, 5.41) is 3.23. The number of aryl methyl sites for hydroxylation is 1. The predicted octanol–water partition coefficient (Wildman–Crippen LogP) is 3.41. The second-order valence-electron chi connectivity index (χ2n) is 4.71. The number of esters is 1. The smallest absolute Gasteiger partial charge is 0.312 e. The van der Waals surface area contributed by atoms with E-state index in [-0.39, 0.29) is 11.9 Å². The Bertz CT molecular complexity index is 594. The van der Waals surface area contributed by atoms with E-state index in [1.54, 1.807) is 6.20 Å². The first-order chi connectivity index (χ1) is 9.60. The lowest BCUT2D eigenvalue weighted by molar-refractivity contribution is -0.141. The van der Waals surface area contributed by atoms with Crippen LogP contribution < -0.4 is 5.32 Å². The van der Waals surface area contributed by atoms with E-state index in [0.717, 1.165) is 22.6 Å². The Morgan fingerprint density at radius 1 is 1.25 bits per heavy atom. The van der Waals surface area contributed by atoms with Gasteiger partial charge in [0.2, 0.25) is 0 Å². The molecular weight excluding hydrogens is 252 g/mol. The molecule has 104 valence electrons. The van der Waals surface area contributed by atoms with Crippen molar-refractivity contribution in [1.82, 2.24) is 4.98 Å². The second kappa shape index (κ2) is 6.19. The number of anilines is 2. The minimum Gasteiger partial charge on any atom is -0.469 e. The van der Waals surface area contributed by atoms with Crippen molar-refractivity contribution in [1.29, 1.82) is 0 Å². The molecule has 0 aliphatic carbocycles. The predicted molar refractivity (Wildman–Crippen MR) is 79.1 cm³/mol. The molecule has 4 nitrogen and oxygen atoms in total. The molecule has 2 aromatic rings. The van der Waals surface area contributed by atoms with Gasteiger partial charge in [0.05, 0.1) is 13.0 Å². The van der Waals surface area contributed by atoms with Gasteiger partial charge in [0.15, 0.2) is 0 Å². The van der Waals surface area contributed by atoms with Crippen molar-refractivity contribution in [2.24, 2.45) is 0 Å². The summed E-state index contributed by atoms with van der Waals surface area (Å²) in [6.07, 6.45) is 1.77. The molecule has 0 fully saturated rings. The van der Waals surface area contributed by atoms with Crippen molar-refractivity contribution in [2.45, 2.75) is 19.8 Å². The van der Waals surface area contributed by atoms with E-state index in [1.807, 2.05) is 50.2 Å². The van der Waals surface area contributed by atoms with Crippen LogP contribution in [0.15, 0.2) is 42.6 Å². The van der Waals surface area contributed by atoms with Gasteiger partial charge in [-0.1, -0.05) is 12.1 Å². The van der Waals surface area contributed by atoms with Crippen LogP contribution in [0.25, 0.3) is 0 Å². The molecule has 4 heteroatoms. The molecule has 1 aromatic carbocycles. The number of nitrogens with one attached hydrogen (secondary N) is 1. The lowest BCUT2D eigenvalue weighted by Gasteiger charge is -2.11. The molecule has 1 N–H and O–H groups in total.